The highest BCUT2D eigenvalue weighted by molar-refractivity contribution is 5.93. The number of likely N-dealkylation sites (tertiary alicyclic amines) is 1. The van der Waals surface area contributed by atoms with Crippen molar-refractivity contribution in [1.29, 1.82) is 0 Å². The van der Waals surface area contributed by atoms with Crippen molar-refractivity contribution < 1.29 is 14.0 Å². The molecule has 1 spiro atoms. The molecule has 2 fully saturated rings. The number of amides is 2. The van der Waals surface area contributed by atoms with Crippen LogP contribution in [0.15, 0.2) is 47.4 Å². The Kier molecular flexibility index (Phi) is 3.44. The first-order valence-electron chi connectivity index (χ1n) is 8.28. The van der Waals surface area contributed by atoms with Crippen LogP contribution in [0, 0.1) is 5.41 Å². The molecule has 1 saturated heterocycles. The first kappa shape index (κ1) is 15.0. The maximum atomic E-state index is 12.6. The second-order valence-corrected chi connectivity index (χ2v) is 6.86. The van der Waals surface area contributed by atoms with E-state index in [1.165, 1.54) is 6.08 Å². The van der Waals surface area contributed by atoms with Gasteiger partial charge in [0.15, 0.2) is 0 Å². The first-order valence-corrected chi connectivity index (χ1v) is 8.28. The fraction of sp³-hybridized carbons (Fsp3) is 0.368. The van der Waals surface area contributed by atoms with Crippen LogP contribution >= 0.6 is 0 Å². The fourth-order valence-corrected chi connectivity index (χ4v) is 3.59. The Labute approximate surface area is 140 Å². The summed E-state index contributed by atoms with van der Waals surface area (Å²) in [6.45, 7) is 4.54. The summed E-state index contributed by atoms with van der Waals surface area (Å²) in [6, 6.07) is 9.27. The Morgan fingerprint density at radius 3 is 2.88 bits per heavy atom. The van der Waals surface area contributed by atoms with Crippen LogP contribution in [0.5, 0.6) is 0 Å². The van der Waals surface area contributed by atoms with Gasteiger partial charge in [-0.05, 0) is 42.9 Å². The number of furan rings is 1. The minimum absolute atomic E-state index is 0.116. The average Bonchev–Trinajstić information content (AvgIpc) is 3.06. The van der Waals surface area contributed by atoms with E-state index in [2.05, 4.69) is 11.9 Å². The van der Waals surface area contributed by atoms with Crippen LogP contribution < -0.4 is 5.32 Å². The number of para-hydroxylation sites is 1. The molecule has 1 aromatic carbocycles. The Morgan fingerprint density at radius 2 is 2.17 bits per heavy atom. The second kappa shape index (κ2) is 5.51. The Balaban J connectivity index is 1.44. The smallest absolute Gasteiger partial charge is 0.246 e. The standard InChI is InChI=1S/C19H20N2O3/c1-2-17(22)21-12-19(7-8-19)10-15(21)18(23)20-11-14-9-13-5-3-4-6-16(13)24-14/h2-6,9,15H,1,7-8,10-12H2,(H,20,23)/t15-/m1/s1. The third-order valence-corrected chi connectivity index (χ3v) is 5.14. The third kappa shape index (κ3) is 2.60. The Hall–Kier alpha value is -2.56. The molecule has 1 saturated carbocycles. The van der Waals surface area contributed by atoms with Crippen molar-refractivity contribution in [1.82, 2.24) is 10.2 Å². The largest absolute Gasteiger partial charge is 0.459 e. The summed E-state index contributed by atoms with van der Waals surface area (Å²) in [5, 5.41) is 3.93. The summed E-state index contributed by atoms with van der Waals surface area (Å²) in [6.07, 6.45) is 4.24. The van der Waals surface area contributed by atoms with Crippen LogP contribution in [0.4, 0.5) is 0 Å². The van der Waals surface area contributed by atoms with Gasteiger partial charge in [0.1, 0.15) is 17.4 Å². The lowest BCUT2D eigenvalue weighted by molar-refractivity contribution is -0.135. The molecule has 2 amide bonds. The number of hydrogen-bond acceptors (Lipinski definition) is 3. The molecule has 1 aliphatic heterocycles. The molecule has 0 radical (unpaired) electrons. The van der Waals surface area contributed by atoms with Gasteiger partial charge in [-0.3, -0.25) is 9.59 Å². The number of nitrogens with zero attached hydrogens (tertiary/aromatic N) is 1. The van der Waals surface area contributed by atoms with Gasteiger partial charge in [-0.15, -0.1) is 0 Å². The van der Waals surface area contributed by atoms with Gasteiger partial charge < -0.3 is 14.6 Å². The van der Waals surface area contributed by atoms with Gasteiger partial charge in [-0.1, -0.05) is 24.8 Å². The highest BCUT2D eigenvalue weighted by atomic mass is 16.3. The van der Waals surface area contributed by atoms with E-state index in [0.717, 1.165) is 30.2 Å². The summed E-state index contributed by atoms with van der Waals surface area (Å²) in [5.41, 5.74) is 0.975. The normalized spacial score (nSPS) is 21.2. The Bertz CT molecular complexity index is 786. The molecule has 2 heterocycles. The zero-order valence-corrected chi connectivity index (χ0v) is 13.5. The van der Waals surface area contributed by atoms with E-state index >= 15 is 0 Å². The van der Waals surface area contributed by atoms with Crippen molar-refractivity contribution in [2.45, 2.75) is 31.8 Å². The van der Waals surface area contributed by atoms with E-state index < -0.39 is 6.04 Å². The van der Waals surface area contributed by atoms with E-state index in [-0.39, 0.29) is 17.2 Å². The number of fused-ring (bicyclic) bond motifs is 1. The lowest BCUT2D eigenvalue weighted by Crippen LogP contribution is -2.45. The molecule has 0 unspecified atom stereocenters. The highest BCUT2D eigenvalue weighted by Crippen LogP contribution is 2.54. The van der Waals surface area contributed by atoms with E-state index in [1.807, 2.05) is 30.3 Å². The zero-order chi connectivity index (χ0) is 16.7. The second-order valence-electron chi connectivity index (χ2n) is 6.86. The molecule has 5 heteroatoms. The molecular formula is C19H20N2O3. The number of carbonyl (C=O) groups is 2. The summed E-state index contributed by atoms with van der Waals surface area (Å²) < 4.78 is 5.72. The predicted octanol–water partition coefficient (Wildman–Crippen LogP) is 2.62. The molecule has 1 N–H and O–H groups in total. The van der Waals surface area contributed by atoms with E-state index in [0.29, 0.717) is 18.8 Å². The van der Waals surface area contributed by atoms with Crippen molar-refractivity contribution in [2.75, 3.05) is 6.54 Å². The van der Waals surface area contributed by atoms with Crippen molar-refractivity contribution >= 4 is 22.8 Å². The quantitative estimate of drug-likeness (QED) is 0.879. The number of nitrogens with one attached hydrogen (secondary N) is 1. The van der Waals surface area contributed by atoms with E-state index in [1.54, 1.807) is 4.90 Å². The van der Waals surface area contributed by atoms with Gasteiger partial charge in [-0.2, -0.15) is 0 Å². The summed E-state index contributed by atoms with van der Waals surface area (Å²) in [5.74, 6) is 0.433. The number of rotatable bonds is 4. The molecular weight excluding hydrogens is 304 g/mol. The molecule has 124 valence electrons. The van der Waals surface area contributed by atoms with Crippen LogP contribution in [0.2, 0.25) is 0 Å². The van der Waals surface area contributed by atoms with Gasteiger partial charge in [0.25, 0.3) is 0 Å². The lowest BCUT2D eigenvalue weighted by atomic mass is 10.0. The molecule has 2 aromatic rings. The minimum atomic E-state index is -0.401. The maximum Gasteiger partial charge on any atom is 0.246 e. The maximum absolute atomic E-state index is 12.6. The zero-order valence-electron chi connectivity index (χ0n) is 13.5. The molecule has 4 rings (SSSR count). The lowest BCUT2D eigenvalue weighted by Gasteiger charge is -2.22. The van der Waals surface area contributed by atoms with Gasteiger partial charge in [0.05, 0.1) is 6.54 Å². The molecule has 2 aliphatic rings. The van der Waals surface area contributed by atoms with E-state index in [4.69, 9.17) is 4.42 Å². The van der Waals surface area contributed by atoms with Gasteiger partial charge in [0.2, 0.25) is 11.8 Å². The minimum Gasteiger partial charge on any atom is -0.459 e. The van der Waals surface area contributed by atoms with Crippen molar-refractivity contribution in [3.8, 4) is 0 Å². The summed E-state index contributed by atoms with van der Waals surface area (Å²) in [4.78, 5) is 26.3. The molecule has 5 nitrogen and oxygen atoms in total. The van der Waals surface area contributed by atoms with Gasteiger partial charge in [0, 0.05) is 11.9 Å². The summed E-state index contributed by atoms with van der Waals surface area (Å²) in [7, 11) is 0. The number of hydrogen-bond donors (Lipinski definition) is 1. The van der Waals surface area contributed by atoms with Crippen LogP contribution in [-0.2, 0) is 16.1 Å². The molecule has 24 heavy (non-hydrogen) atoms. The third-order valence-electron chi connectivity index (χ3n) is 5.14. The molecule has 1 aliphatic carbocycles. The SMILES string of the molecule is C=CC(=O)N1CC2(CC2)C[C@@H]1C(=O)NCc1cc2ccccc2o1. The van der Waals surface area contributed by atoms with E-state index in [9.17, 15) is 9.59 Å². The van der Waals surface area contributed by atoms with Crippen LogP contribution in [0.25, 0.3) is 11.0 Å². The van der Waals surface area contributed by atoms with Crippen molar-refractivity contribution in [3.63, 3.8) is 0 Å². The predicted molar refractivity (Wildman–Crippen MR) is 90.0 cm³/mol. The Morgan fingerprint density at radius 1 is 1.38 bits per heavy atom. The first-order chi connectivity index (χ1) is 11.6. The fourth-order valence-electron chi connectivity index (χ4n) is 3.59. The molecule has 1 aromatic heterocycles. The number of carbonyl (C=O) groups excluding carboxylic acids is 2. The molecule has 1 atom stereocenters. The van der Waals surface area contributed by atoms with Gasteiger partial charge in [-0.25, -0.2) is 0 Å². The van der Waals surface area contributed by atoms with Crippen LogP contribution in [0.1, 0.15) is 25.0 Å². The van der Waals surface area contributed by atoms with Crippen LogP contribution in [0.3, 0.4) is 0 Å². The number of benzene rings is 1. The van der Waals surface area contributed by atoms with Crippen molar-refractivity contribution in [3.05, 3.63) is 48.7 Å². The van der Waals surface area contributed by atoms with Gasteiger partial charge >= 0.3 is 0 Å². The van der Waals surface area contributed by atoms with Crippen molar-refractivity contribution in [2.24, 2.45) is 5.41 Å². The highest BCUT2D eigenvalue weighted by Gasteiger charge is 2.54. The average molecular weight is 324 g/mol. The van der Waals surface area contributed by atoms with Crippen LogP contribution in [-0.4, -0.2) is 29.3 Å². The monoisotopic (exact) mass is 324 g/mol. The summed E-state index contributed by atoms with van der Waals surface area (Å²) >= 11 is 0. The molecule has 0 bridgehead atoms. The topological polar surface area (TPSA) is 62.6 Å².